The van der Waals surface area contributed by atoms with Crippen molar-refractivity contribution in [3.8, 4) is 11.4 Å². The summed E-state index contributed by atoms with van der Waals surface area (Å²) in [5, 5.41) is 8.30. The van der Waals surface area contributed by atoms with Crippen LogP contribution in [0.25, 0.3) is 16.7 Å². The zero-order valence-electron chi connectivity index (χ0n) is 21.5. The zero-order valence-corrected chi connectivity index (χ0v) is 24.0. The van der Waals surface area contributed by atoms with Gasteiger partial charge in [-0.05, 0) is 67.6 Å². The summed E-state index contributed by atoms with van der Waals surface area (Å²) in [6.45, 7) is 0. The number of fused-ring (bicyclic) bond motifs is 2. The molecule has 2 aromatic heterocycles. The lowest BCUT2D eigenvalue weighted by Crippen LogP contribution is -2.30. The molecule has 40 heavy (non-hydrogen) atoms. The van der Waals surface area contributed by atoms with Crippen LogP contribution in [0.2, 0.25) is 0 Å². The Hall–Kier alpha value is -3.60. The molecule has 0 bridgehead atoms. The molecule has 0 aliphatic heterocycles. The van der Waals surface area contributed by atoms with Crippen LogP contribution in [0.5, 0.6) is 5.75 Å². The highest BCUT2D eigenvalue weighted by molar-refractivity contribution is 7.92. The first kappa shape index (κ1) is 27.9. The first-order valence-corrected chi connectivity index (χ1v) is 17.0. The molecule has 1 aliphatic carbocycles. The lowest BCUT2D eigenvalue weighted by molar-refractivity contribution is 0.486. The first-order chi connectivity index (χ1) is 18.9. The van der Waals surface area contributed by atoms with Crippen molar-refractivity contribution in [1.82, 2.24) is 19.7 Å². The van der Waals surface area contributed by atoms with Crippen LogP contribution in [-0.4, -0.2) is 63.7 Å². The number of nitrogens with one attached hydrogen (secondary N) is 1. The molecule has 2 aromatic carbocycles. The second kappa shape index (κ2) is 10.8. The molecular formula is C24H26N6O7S3. The van der Waals surface area contributed by atoms with Crippen LogP contribution in [0.15, 0.2) is 48.8 Å². The van der Waals surface area contributed by atoms with Gasteiger partial charge in [-0.25, -0.2) is 22.3 Å². The molecule has 0 spiro atoms. The van der Waals surface area contributed by atoms with Crippen LogP contribution in [0.3, 0.4) is 0 Å². The van der Waals surface area contributed by atoms with Crippen molar-refractivity contribution in [2.24, 2.45) is 0 Å². The van der Waals surface area contributed by atoms with Crippen molar-refractivity contribution >= 4 is 59.6 Å². The lowest BCUT2D eigenvalue weighted by Gasteiger charge is -2.22. The van der Waals surface area contributed by atoms with Crippen molar-refractivity contribution in [3.63, 3.8) is 0 Å². The van der Waals surface area contributed by atoms with Gasteiger partial charge in [0.05, 0.1) is 29.2 Å². The molecule has 4 aromatic rings. The number of aromatic nitrogens is 4. The molecule has 0 saturated heterocycles. The SMILES string of the molecule is CS(=O)(=O)CN(c1ccc(Nc2ncc3cnn(-c4ccc(OS(C)(=O)=O)c5c4CCCC5)c3n2)cc1)S(=O)O. The lowest BCUT2D eigenvalue weighted by atomic mass is 9.89. The van der Waals surface area contributed by atoms with Gasteiger partial charge in [-0.3, -0.25) is 8.86 Å². The first-order valence-electron chi connectivity index (χ1n) is 12.1. The zero-order chi connectivity index (χ0) is 28.7. The third-order valence-electron chi connectivity index (χ3n) is 6.20. The smallest absolute Gasteiger partial charge is 0.306 e. The van der Waals surface area contributed by atoms with Gasteiger partial charge in [0.25, 0.3) is 11.3 Å². The fraction of sp³-hybridized carbons (Fsp3) is 0.292. The second-order valence-corrected chi connectivity index (χ2v) is 14.0. The van der Waals surface area contributed by atoms with E-state index < -0.39 is 37.1 Å². The van der Waals surface area contributed by atoms with Gasteiger partial charge in [0.15, 0.2) is 15.5 Å². The fourth-order valence-electron chi connectivity index (χ4n) is 4.57. The number of benzene rings is 2. The van der Waals surface area contributed by atoms with E-state index in [-0.39, 0.29) is 11.6 Å². The number of anilines is 3. The molecule has 0 fully saturated rings. The number of nitrogens with zero attached hydrogens (tertiary/aromatic N) is 5. The van der Waals surface area contributed by atoms with E-state index in [1.54, 1.807) is 41.3 Å². The molecule has 13 nitrogen and oxygen atoms in total. The Morgan fingerprint density at radius 1 is 1.02 bits per heavy atom. The topological polar surface area (TPSA) is 174 Å². The predicted octanol–water partition coefficient (Wildman–Crippen LogP) is 2.72. The van der Waals surface area contributed by atoms with Crippen LogP contribution in [-0.2, 0) is 44.1 Å². The summed E-state index contributed by atoms with van der Waals surface area (Å²) in [6, 6.07) is 9.66. The molecule has 1 atom stereocenters. The van der Waals surface area contributed by atoms with E-state index >= 15 is 0 Å². The monoisotopic (exact) mass is 606 g/mol. The third-order valence-corrected chi connectivity index (χ3v) is 8.29. The van der Waals surface area contributed by atoms with Gasteiger partial charge >= 0.3 is 10.1 Å². The molecule has 0 radical (unpaired) electrons. The summed E-state index contributed by atoms with van der Waals surface area (Å²) >= 11 is -2.52. The number of hydrogen-bond acceptors (Lipinski definition) is 10. The Bertz CT molecular complexity index is 1820. The predicted molar refractivity (Wildman–Crippen MR) is 151 cm³/mol. The standard InChI is InChI=1S/C24H26N6O7S3/c1-39(33,34)15-29(38(31)32)18-9-7-17(8-10-18)27-24-25-13-16-14-26-30(23(16)28-24)21-11-12-22(37-40(2,35)36)20-6-4-3-5-19(20)21/h7-14H,3-6,15H2,1-2H3,(H,31,32)(H,25,27,28). The van der Waals surface area contributed by atoms with E-state index in [2.05, 4.69) is 20.4 Å². The van der Waals surface area contributed by atoms with Crippen molar-refractivity contribution in [2.45, 2.75) is 25.7 Å². The maximum atomic E-state index is 11.8. The largest absolute Gasteiger partial charge is 0.382 e. The molecule has 1 aliphatic rings. The van der Waals surface area contributed by atoms with Gasteiger partial charge in [0, 0.05) is 23.7 Å². The Labute approximate surface area is 233 Å². The van der Waals surface area contributed by atoms with Gasteiger partial charge in [0.2, 0.25) is 5.95 Å². The minimum atomic E-state index is -3.68. The molecule has 2 heterocycles. The van der Waals surface area contributed by atoms with Gasteiger partial charge in [-0.15, -0.1) is 0 Å². The Morgan fingerprint density at radius 2 is 1.73 bits per heavy atom. The highest BCUT2D eigenvalue weighted by atomic mass is 32.2. The van der Waals surface area contributed by atoms with Crippen LogP contribution in [0.4, 0.5) is 17.3 Å². The average Bonchev–Trinajstić information content (AvgIpc) is 3.30. The summed E-state index contributed by atoms with van der Waals surface area (Å²) in [7, 11) is -7.21. The quantitative estimate of drug-likeness (QED) is 0.212. The van der Waals surface area contributed by atoms with Crippen LogP contribution >= 0.6 is 0 Å². The molecule has 0 amide bonds. The van der Waals surface area contributed by atoms with Crippen molar-refractivity contribution in [3.05, 3.63) is 59.9 Å². The van der Waals surface area contributed by atoms with Crippen LogP contribution in [0.1, 0.15) is 24.0 Å². The minimum absolute atomic E-state index is 0.249. The third kappa shape index (κ3) is 6.24. The van der Waals surface area contributed by atoms with Gasteiger partial charge in [-0.2, -0.15) is 18.5 Å². The van der Waals surface area contributed by atoms with Crippen LogP contribution in [0, 0.1) is 0 Å². The number of sulfone groups is 1. The summed E-state index contributed by atoms with van der Waals surface area (Å²) in [5.74, 6) is -0.0119. The maximum Gasteiger partial charge on any atom is 0.306 e. The van der Waals surface area contributed by atoms with Gasteiger partial charge in [0.1, 0.15) is 11.6 Å². The normalized spacial score (nSPS) is 14.5. The number of hydrogen-bond donors (Lipinski definition) is 2. The van der Waals surface area contributed by atoms with E-state index in [1.165, 1.54) is 12.1 Å². The maximum absolute atomic E-state index is 11.8. The fourth-order valence-corrected chi connectivity index (χ4v) is 6.87. The van der Waals surface area contributed by atoms with Crippen molar-refractivity contribution in [1.29, 1.82) is 0 Å². The Morgan fingerprint density at radius 3 is 2.38 bits per heavy atom. The highest BCUT2D eigenvalue weighted by Gasteiger charge is 2.23. The van der Waals surface area contributed by atoms with Crippen molar-refractivity contribution in [2.75, 3.05) is 28.0 Å². The highest BCUT2D eigenvalue weighted by Crippen LogP contribution is 2.35. The molecule has 212 valence electrons. The molecular weight excluding hydrogens is 581 g/mol. The summed E-state index contributed by atoms with van der Waals surface area (Å²) < 4.78 is 75.8. The number of rotatable bonds is 9. The molecule has 2 N–H and O–H groups in total. The molecule has 16 heteroatoms. The van der Waals surface area contributed by atoms with E-state index in [4.69, 9.17) is 4.18 Å². The summed E-state index contributed by atoms with van der Waals surface area (Å²) in [5.41, 5.74) is 3.94. The minimum Gasteiger partial charge on any atom is -0.382 e. The summed E-state index contributed by atoms with van der Waals surface area (Å²) in [6.07, 6.45) is 8.58. The van der Waals surface area contributed by atoms with E-state index in [0.29, 0.717) is 28.9 Å². The van der Waals surface area contributed by atoms with E-state index in [1.807, 2.05) is 0 Å². The van der Waals surface area contributed by atoms with Crippen molar-refractivity contribution < 1.29 is 29.8 Å². The van der Waals surface area contributed by atoms with Crippen LogP contribution < -0.4 is 13.8 Å². The average molecular weight is 607 g/mol. The molecule has 1 unspecified atom stereocenters. The molecule has 0 saturated carbocycles. The summed E-state index contributed by atoms with van der Waals surface area (Å²) in [4.78, 5) is 8.99. The Kier molecular flexibility index (Phi) is 7.52. The van der Waals surface area contributed by atoms with E-state index in [0.717, 1.165) is 52.9 Å². The van der Waals surface area contributed by atoms with E-state index in [9.17, 15) is 25.6 Å². The Balaban J connectivity index is 1.45. The van der Waals surface area contributed by atoms with Gasteiger partial charge < -0.3 is 9.50 Å². The molecule has 5 rings (SSSR count). The second-order valence-electron chi connectivity index (χ2n) is 9.40. The van der Waals surface area contributed by atoms with Gasteiger partial charge in [-0.1, -0.05) is 0 Å².